The van der Waals surface area contributed by atoms with E-state index in [1.807, 2.05) is 18.3 Å². The molecule has 0 saturated carbocycles. The predicted molar refractivity (Wildman–Crippen MR) is 56.8 cm³/mol. The predicted octanol–water partition coefficient (Wildman–Crippen LogP) is 2.82. The van der Waals surface area contributed by atoms with E-state index in [1.165, 1.54) is 16.5 Å². The summed E-state index contributed by atoms with van der Waals surface area (Å²) in [5.41, 5.74) is 3.52. The second-order valence-corrected chi connectivity index (χ2v) is 3.66. The molecule has 3 rings (SSSR count). The molecule has 0 amide bonds. The lowest BCUT2D eigenvalue weighted by Crippen LogP contribution is -2.08. The zero-order valence-corrected chi connectivity index (χ0v) is 8.00. The Balaban J connectivity index is 2.39. The SMILES string of the molecule is Cc1ccc2oc3c(c2c1)CNC=C3. The minimum atomic E-state index is 0.863. The molecule has 70 valence electrons. The quantitative estimate of drug-likeness (QED) is 0.682. The van der Waals surface area contributed by atoms with Gasteiger partial charge in [-0.2, -0.15) is 0 Å². The molecule has 2 aromatic rings. The van der Waals surface area contributed by atoms with E-state index in [1.54, 1.807) is 0 Å². The molecule has 0 radical (unpaired) electrons. The molecule has 0 unspecified atom stereocenters. The molecule has 1 aromatic carbocycles. The number of rotatable bonds is 0. The van der Waals surface area contributed by atoms with Crippen LogP contribution in [0.1, 0.15) is 16.9 Å². The number of aryl methyl sites for hydroxylation is 1. The van der Waals surface area contributed by atoms with E-state index in [9.17, 15) is 0 Å². The summed E-state index contributed by atoms with van der Waals surface area (Å²) >= 11 is 0. The van der Waals surface area contributed by atoms with Crippen LogP contribution >= 0.6 is 0 Å². The molecular formula is C12H11NO. The number of nitrogens with one attached hydrogen (secondary N) is 1. The number of benzene rings is 1. The fraction of sp³-hybridized carbons (Fsp3) is 0.167. The zero-order chi connectivity index (χ0) is 9.54. The molecule has 0 fully saturated rings. The minimum absolute atomic E-state index is 0.863. The molecule has 0 atom stereocenters. The largest absolute Gasteiger partial charge is 0.456 e. The summed E-state index contributed by atoms with van der Waals surface area (Å²) in [5, 5.41) is 4.43. The van der Waals surface area contributed by atoms with Crippen LogP contribution < -0.4 is 5.32 Å². The molecular weight excluding hydrogens is 174 g/mol. The lowest BCUT2D eigenvalue weighted by Gasteiger charge is -2.05. The first-order chi connectivity index (χ1) is 6.84. The molecule has 0 bridgehead atoms. The molecule has 2 nitrogen and oxygen atoms in total. The Morgan fingerprint density at radius 3 is 3.21 bits per heavy atom. The lowest BCUT2D eigenvalue weighted by atomic mass is 10.1. The maximum Gasteiger partial charge on any atom is 0.135 e. The highest BCUT2D eigenvalue weighted by molar-refractivity contribution is 5.85. The zero-order valence-electron chi connectivity index (χ0n) is 8.00. The van der Waals surface area contributed by atoms with Crippen LogP contribution in [0, 0.1) is 6.92 Å². The second kappa shape index (κ2) is 2.64. The van der Waals surface area contributed by atoms with Gasteiger partial charge < -0.3 is 9.73 Å². The summed E-state index contributed by atoms with van der Waals surface area (Å²) in [5.74, 6) is 0.990. The van der Waals surface area contributed by atoms with Gasteiger partial charge in [-0.05, 0) is 25.1 Å². The van der Waals surface area contributed by atoms with Crippen molar-refractivity contribution in [2.45, 2.75) is 13.5 Å². The van der Waals surface area contributed by atoms with Crippen molar-refractivity contribution >= 4 is 17.0 Å². The van der Waals surface area contributed by atoms with E-state index in [0.29, 0.717) is 0 Å². The van der Waals surface area contributed by atoms with Crippen LogP contribution in [0.5, 0.6) is 0 Å². The maximum absolute atomic E-state index is 5.72. The van der Waals surface area contributed by atoms with Gasteiger partial charge in [0.2, 0.25) is 0 Å². The summed E-state index contributed by atoms with van der Waals surface area (Å²) in [4.78, 5) is 0. The van der Waals surface area contributed by atoms with E-state index in [-0.39, 0.29) is 0 Å². The molecule has 1 aromatic heterocycles. The first-order valence-corrected chi connectivity index (χ1v) is 4.76. The van der Waals surface area contributed by atoms with Gasteiger partial charge in [0.25, 0.3) is 0 Å². The molecule has 1 aliphatic heterocycles. The van der Waals surface area contributed by atoms with E-state index in [2.05, 4.69) is 24.4 Å². The van der Waals surface area contributed by atoms with Gasteiger partial charge in [-0.3, -0.25) is 0 Å². The van der Waals surface area contributed by atoms with Crippen molar-refractivity contribution in [3.8, 4) is 0 Å². The van der Waals surface area contributed by atoms with Gasteiger partial charge in [0.15, 0.2) is 0 Å². The van der Waals surface area contributed by atoms with Crippen molar-refractivity contribution < 1.29 is 4.42 Å². The van der Waals surface area contributed by atoms with E-state index in [4.69, 9.17) is 4.42 Å². The van der Waals surface area contributed by atoms with Crippen LogP contribution in [0.15, 0.2) is 28.8 Å². The topological polar surface area (TPSA) is 25.2 Å². The average Bonchev–Trinajstić information content (AvgIpc) is 2.56. The first kappa shape index (κ1) is 7.68. The first-order valence-electron chi connectivity index (χ1n) is 4.76. The number of hydrogen-bond acceptors (Lipinski definition) is 2. The van der Waals surface area contributed by atoms with Crippen LogP contribution in [0.3, 0.4) is 0 Å². The fourth-order valence-corrected chi connectivity index (χ4v) is 1.89. The van der Waals surface area contributed by atoms with Crippen LogP contribution in [0.4, 0.5) is 0 Å². The Hall–Kier alpha value is -1.70. The van der Waals surface area contributed by atoms with Gasteiger partial charge in [-0.15, -0.1) is 0 Å². The average molecular weight is 185 g/mol. The Morgan fingerprint density at radius 2 is 2.29 bits per heavy atom. The minimum Gasteiger partial charge on any atom is -0.456 e. The highest BCUT2D eigenvalue weighted by Crippen LogP contribution is 2.29. The van der Waals surface area contributed by atoms with E-state index >= 15 is 0 Å². The summed E-state index contributed by atoms with van der Waals surface area (Å²) in [7, 11) is 0. The molecule has 0 aliphatic carbocycles. The molecule has 0 saturated heterocycles. The summed E-state index contributed by atoms with van der Waals surface area (Å²) in [6.45, 7) is 2.97. The summed E-state index contributed by atoms with van der Waals surface area (Å²) in [6.07, 6.45) is 3.91. The fourth-order valence-electron chi connectivity index (χ4n) is 1.89. The number of furan rings is 1. The highest BCUT2D eigenvalue weighted by Gasteiger charge is 2.13. The van der Waals surface area contributed by atoms with Crippen molar-refractivity contribution in [2.24, 2.45) is 0 Å². The Kier molecular flexibility index (Phi) is 1.45. The number of fused-ring (bicyclic) bond motifs is 3. The second-order valence-electron chi connectivity index (χ2n) is 3.66. The Morgan fingerprint density at radius 1 is 1.36 bits per heavy atom. The highest BCUT2D eigenvalue weighted by atomic mass is 16.3. The smallest absolute Gasteiger partial charge is 0.135 e. The Bertz CT molecular complexity index is 522. The molecule has 1 N–H and O–H groups in total. The van der Waals surface area contributed by atoms with Crippen molar-refractivity contribution in [1.82, 2.24) is 5.32 Å². The van der Waals surface area contributed by atoms with Gasteiger partial charge in [0.1, 0.15) is 11.3 Å². The van der Waals surface area contributed by atoms with Crippen LogP contribution in [-0.4, -0.2) is 0 Å². The third-order valence-electron chi connectivity index (χ3n) is 2.61. The lowest BCUT2D eigenvalue weighted by molar-refractivity contribution is 0.592. The van der Waals surface area contributed by atoms with Crippen molar-refractivity contribution in [3.05, 3.63) is 41.3 Å². The van der Waals surface area contributed by atoms with Gasteiger partial charge in [0, 0.05) is 23.7 Å². The normalized spacial score (nSPS) is 14.1. The van der Waals surface area contributed by atoms with Gasteiger partial charge in [-0.1, -0.05) is 11.6 Å². The summed E-state index contributed by atoms with van der Waals surface area (Å²) in [6, 6.07) is 6.30. The molecule has 2 heterocycles. The van der Waals surface area contributed by atoms with Crippen molar-refractivity contribution in [1.29, 1.82) is 0 Å². The molecule has 14 heavy (non-hydrogen) atoms. The van der Waals surface area contributed by atoms with Crippen LogP contribution in [-0.2, 0) is 6.54 Å². The standard InChI is InChI=1S/C12H11NO/c1-8-2-3-11-9(6-8)10-7-13-5-4-12(10)14-11/h2-6,13H,7H2,1H3. The maximum atomic E-state index is 5.72. The Labute approximate surface area is 82.2 Å². The monoisotopic (exact) mass is 185 g/mol. The molecule has 0 spiro atoms. The summed E-state index contributed by atoms with van der Waals surface area (Å²) < 4.78 is 5.72. The van der Waals surface area contributed by atoms with Gasteiger partial charge >= 0.3 is 0 Å². The number of hydrogen-bond donors (Lipinski definition) is 1. The van der Waals surface area contributed by atoms with Gasteiger partial charge in [0.05, 0.1) is 0 Å². The third kappa shape index (κ3) is 0.970. The molecule has 1 aliphatic rings. The third-order valence-corrected chi connectivity index (χ3v) is 2.61. The van der Waals surface area contributed by atoms with Crippen LogP contribution in [0.25, 0.3) is 17.0 Å². The van der Waals surface area contributed by atoms with E-state index < -0.39 is 0 Å². The van der Waals surface area contributed by atoms with Crippen molar-refractivity contribution in [2.75, 3.05) is 0 Å². The van der Waals surface area contributed by atoms with Gasteiger partial charge in [-0.25, -0.2) is 0 Å². The van der Waals surface area contributed by atoms with E-state index in [0.717, 1.165) is 17.9 Å². The van der Waals surface area contributed by atoms with Crippen molar-refractivity contribution in [3.63, 3.8) is 0 Å². The molecule has 2 heteroatoms. The van der Waals surface area contributed by atoms with Crippen LogP contribution in [0.2, 0.25) is 0 Å².